The van der Waals surface area contributed by atoms with E-state index in [-0.39, 0.29) is 0 Å². The summed E-state index contributed by atoms with van der Waals surface area (Å²) in [6.07, 6.45) is 4.08. The summed E-state index contributed by atoms with van der Waals surface area (Å²) < 4.78 is 0. The van der Waals surface area contributed by atoms with Gasteiger partial charge in [0, 0.05) is 23.2 Å². The van der Waals surface area contributed by atoms with Crippen LogP contribution in [0.15, 0.2) is 158 Å². The Kier molecular flexibility index (Phi) is 5.54. The zero-order valence-electron chi connectivity index (χ0n) is 23.9. The molecule has 10 aromatic rings. The first-order chi connectivity index (χ1) is 21.8. The predicted octanol–water partition coefficient (Wildman–Crippen LogP) is 11.4. The van der Waals surface area contributed by atoms with Gasteiger partial charge in [-0.15, -0.1) is 0 Å². The van der Waals surface area contributed by atoms with Crippen LogP contribution in [-0.4, -0.2) is 9.97 Å². The van der Waals surface area contributed by atoms with Crippen molar-refractivity contribution in [3.05, 3.63) is 158 Å². The van der Waals surface area contributed by atoms with Crippen molar-refractivity contribution in [1.29, 1.82) is 0 Å². The highest BCUT2D eigenvalue weighted by Gasteiger charge is 2.13. The van der Waals surface area contributed by atoms with Gasteiger partial charge >= 0.3 is 0 Å². The Morgan fingerprint density at radius 3 is 0.977 bits per heavy atom. The highest BCUT2D eigenvalue weighted by atomic mass is 14.7. The molecule has 0 atom stereocenters. The molecule has 204 valence electrons. The Labute approximate surface area is 253 Å². The summed E-state index contributed by atoms with van der Waals surface area (Å²) in [5, 5.41) is 16.6. The lowest BCUT2D eigenvalue weighted by atomic mass is 9.90. The van der Waals surface area contributed by atoms with Crippen molar-refractivity contribution in [1.82, 2.24) is 9.97 Å². The molecule has 0 fully saturated rings. The Balaban J connectivity index is 1.70. The second-order valence-electron chi connectivity index (χ2n) is 11.3. The third kappa shape index (κ3) is 3.75. The first kappa shape index (κ1) is 24.7. The molecule has 44 heavy (non-hydrogen) atoms. The summed E-state index contributed by atoms with van der Waals surface area (Å²) in [7, 11) is 0. The summed E-state index contributed by atoms with van der Waals surface area (Å²) in [5.41, 5.74) is 1.68. The SMILES string of the molecule is c1ccc2c(c1)ccc1c2cnc2ccccc2ncc2c3ccccc3ccc2c2c3ccccc3c1c1ccccc12. The van der Waals surface area contributed by atoms with E-state index >= 15 is 0 Å². The molecule has 2 aromatic heterocycles. The van der Waals surface area contributed by atoms with Gasteiger partial charge in [0.2, 0.25) is 0 Å². The van der Waals surface area contributed by atoms with Crippen LogP contribution in [-0.2, 0) is 0 Å². The van der Waals surface area contributed by atoms with Gasteiger partial charge in [0.1, 0.15) is 0 Å². The zero-order chi connectivity index (χ0) is 29.0. The smallest absolute Gasteiger partial charge is 0.0886 e. The second-order valence-corrected chi connectivity index (χ2v) is 11.3. The molecule has 2 nitrogen and oxygen atoms in total. The Hall–Kier alpha value is -5.86. The van der Waals surface area contributed by atoms with E-state index in [0.717, 1.165) is 21.8 Å². The molecule has 2 heteroatoms. The number of nitrogens with zero attached hydrogens (tertiary/aromatic N) is 2. The summed E-state index contributed by atoms with van der Waals surface area (Å²) in [5.74, 6) is 0. The molecule has 8 aromatic carbocycles. The molecule has 2 bridgehead atoms. The van der Waals surface area contributed by atoms with Gasteiger partial charge in [-0.05, 0) is 76.8 Å². The van der Waals surface area contributed by atoms with Crippen molar-refractivity contribution in [2.45, 2.75) is 0 Å². The molecule has 0 unspecified atom stereocenters. The average molecular weight is 559 g/mol. The maximum Gasteiger partial charge on any atom is 0.0886 e. The molecule has 0 saturated heterocycles. The minimum atomic E-state index is 0.838. The number of hydrogen-bond acceptors (Lipinski definition) is 2. The van der Waals surface area contributed by atoms with E-state index in [1.54, 1.807) is 0 Å². The third-order valence-electron chi connectivity index (χ3n) is 8.96. The quantitative estimate of drug-likeness (QED) is 0.173. The van der Waals surface area contributed by atoms with Crippen LogP contribution in [0.25, 0.3) is 86.4 Å². The van der Waals surface area contributed by atoms with Crippen LogP contribution in [0.1, 0.15) is 0 Å². The summed E-state index contributed by atoms with van der Waals surface area (Å²) in [6, 6.07) is 52.0. The van der Waals surface area contributed by atoms with Crippen molar-refractivity contribution >= 4 is 86.4 Å². The third-order valence-corrected chi connectivity index (χ3v) is 8.96. The normalized spacial score (nSPS) is 11.6. The van der Waals surface area contributed by atoms with Crippen LogP contribution in [0.5, 0.6) is 0 Å². The molecule has 0 aliphatic carbocycles. The van der Waals surface area contributed by atoms with Crippen LogP contribution in [0.4, 0.5) is 0 Å². The van der Waals surface area contributed by atoms with Gasteiger partial charge in [0.25, 0.3) is 0 Å². The Bertz CT molecular complexity index is 2480. The van der Waals surface area contributed by atoms with Crippen LogP contribution in [0.2, 0.25) is 0 Å². The van der Waals surface area contributed by atoms with E-state index in [0.29, 0.717) is 0 Å². The standard InChI is InChI=1S/C42H26N2/c1-3-13-29-27(11-1)21-23-35-37(29)25-43-39-19-9-10-20-40(39)44-26-38-30-14-4-2-12-28(30)22-24-36(38)42-33-17-7-5-15-31(33)41(35)32-16-6-8-18-34(32)42/h1-26H. The number of aromatic nitrogens is 2. The Morgan fingerprint density at radius 2 is 0.568 bits per heavy atom. The first-order valence-electron chi connectivity index (χ1n) is 15.0. The average Bonchev–Trinajstić information content (AvgIpc) is 3.08. The lowest BCUT2D eigenvalue weighted by molar-refractivity contribution is 1.40. The van der Waals surface area contributed by atoms with Crippen molar-refractivity contribution in [2.75, 3.05) is 0 Å². The van der Waals surface area contributed by atoms with Crippen LogP contribution < -0.4 is 0 Å². The van der Waals surface area contributed by atoms with E-state index in [9.17, 15) is 0 Å². The number of rotatable bonds is 0. The fraction of sp³-hybridized carbons (Fsp3) is 0. The molecule has 0 N–H and O–H groups in total. The molecule has 2 heterocycles. The molecule has 10 rings (SSSR count). The zero-order valence-corrected chi connectivity index (χ0v) is 23.9. The van der Waals surface area contributed by atoms with Crippen molar-refractivity contribution in [2.24, 2.45) is 0 Å². The molecular formula is C42H26N2. The molecule has 0 spiro atoms. The second kappa shape index (κ2) is 9.86. The van der Waals surface area contributed by atoms with Gasteiger partial charge in [0.05, 0.1) is 11.0 Å². The van der Waals surface area contributed by atoms with Crippen LogP contribution in [0.3, 0.4) is 0 Å². The van der Waals surface area contributed by atoms with Crippen LogP contribution in [0, 0.1) is 0 Å². The van der Waals surface area contributed by atoms with E-state index in [1.807, 2.05) is 36.7 Å². The number of benzene rings is 8. The van der Waals surface area contributed by atoms with E-state index < -0.39 is 0 Å². The number of para-hydroxylation sites is 2. The number of fused-ring (bicyclic) bond motifs is 4. The van der Waals surface area contributed by atoms with Crippen LogP contribution >= 0.6 is 0 Å². The molecule has 0 saturated carbocycles. The molecule has 0 amide bonds. The molecule has 0 aliphatic heterocycles. The maximum absolute atomic E-state index is 5.12. The molecule has 0 aliphatic rings. The largest absolute Gasteiger partial charge is 0.254 e. The minimum absolute atomic E-state index is 0.838. The number of hydrogen-bond donors (Lipinski definition) is 0. The summed E-state index contributed by atoms with van der Waals surface area (Å²) in [4.78, 5) is 10.2. The van der Waals surface area contributed by atoms with Crippen molar-refractivity contribution in [3.8, 4) is 0 Å². The molecule has 0 radical (unpaired) electrons. The van der Waals surface area contributed by atoms with E-state index in [4.69, 9.17) is 9.97 Å². The maximum atomic E-state index is 5.12. The summed E-state index contributed by atoms with van der Waals surface area (Å²) >= 11 is 0. The molecular weight excluding hydrogens is 532 g/mol. The van der Waals surface area contributed by atoms with Gasteiger partial charge in [0.15, 0.2) is 0 Å². The van der Waals surface area contributed by atoms with Crippen molar-refractivity contribution in [3.63, 3.8) is 0 Å². The van der Waals surface area contributed by atoms with Gasteiger partial charge in [-0.25, -0.2) is 0 Å². The predicted molar refractivity (Wildman–Crippen MR) is 189 cm³/mol. The fourth-order valence-electron chi connectivity index (χ4n) is 6.96. The van der Waals surface area contributed by atoms with Crippen molar-refractivity contribution < 1.29 is 0 Å². The van der Waals surface area contributed by atoms with Gasteiger partial charge in [-0.1, -0.05) is 133 Å². The topological polar surface area (TPSA) is 25.8 Å². The monoisotopic (exact) mass is 558 g/mol. The van der Waals surface area contributed by atoms with E-state index in [2.05, 4.69) is 121 Å². The highest BCUT2D eigenvalue weighted by molar-refractivity contribution is 6.36. The highest BCUT2D eigenvalue weighted by Crippen LogP contribution is 2.41. The lowest BCUT2D eigenvalue weighted by Gasteiger charge is -2.14. The van der Waals surface area contributed by atoms with Gasteiger partial charge < -0.3 is 0 Å². The minimum Gasteiger partial charge on any atom is -0.254 e. The van der Waals surface area contributed by atoms with Gasteiger partial charge in [-0.2, -0.15) is 0 Å². The Morgan fingerprint density at radius 1 is 0.250 bits per heavy atom. The summed E-state index contributed by atoms with van der Waals surface area (Å²) in [6.45, 7) is 0. The first-order valence-corrected chi connectivity index (χ1v) is 15.0. The van der Waals surface area contributed by atoms with Gasteiger partial charge in [-0.3, -0.25) is 9.97 Å². The lowest BCUT2D eigenvalue weighted by Crippen LogP contribution is -1.86. The fourth-order valence-corrected chi connectivity index (χ4v) is 6.96. The van der Waals surface area contributed by atoms with E-state index in [1.165, 1.54) is 64.6 Å².